The van der Waals surface area contributed by atoms with Crippen LogP contribution in [0.4, 0.5) is 10.6 Å². The van der Waals surface area contributed by atoms with Gasteiger partial charge < -0.3 is 14.5 Å². The van der Waals surface area contributed by atoms with E-state index in [1.54, 1.807) is 11.9 Å². The van der Waals surface area contributed by atoms with Gasteiger partial charge in [0.15, 0.2) is 11.4 Å². The molecule has 3 rings (SSSR count). The van der Waals surface area contributed by atoms with Gasteiger partial charge in [0.2, 0.25) is 0 Å². The van der Waals surface area contributed by atoms with Crippen molar-refractivity contribution in [3.8, 4) is 0 Å². The van der Waals surface area contributed by atoms with Gasteiger partial charge in [0.25, 0.3) is 0 Å². The number of ether oxygens (including phenoxy) is 1. The maximum atomic E-state index is 11.5. The first-order chi connectivity index (χ1) is 8.58. The SMILES string of the molecule is Cc1ccc(N2CC[C@@]3(CN(C)C(=O)O3)C2)nn1. The predicted octanol–water partition coefficient (Wildman–Crippen LogP) is 0.816. The quantitative estimate of drug-likeness (QED) is 0.736. The minimum Gasteiger partial charge on any atom is -0.439 e. The fourth-order valence-corrected chi connectivity index (χ4v) is 2.61. The van der Waals surface area contributed by atoms with Gasteiger partial charge in [-0.05, 0) is 19.1 Å². The second kappa shape index (κ2) is 3.83. The van der Waals surface area contributed by atoms with E-state index in [2.05, 4.69) is 15.1 Å². The van der Waals surface area contributed by atoms with Crippen LogP contribution in [-0.2, 0) is 4.74 Å². The Balaban J connectivity index is 1.76. The summed E-state index contributed by atoms with van der Waals surface area (Å²) in [4.78, 5) is 15.2. The molecule has 3 heterocycles. The van der Waals surface area contributed by atoms with E-state index in [1.807, 2.05) is 19.1 Å². The lowest BCUT2D eigenvalue weighted by Gasteiger charge is -2.21. The summed E-state index contributed by atoms with van der Waals surface area (Å²) in [6, 6.07) is 3.90. The average Bonchev–Trinajstić information content (AvgIpc) is 2.85. The zero-order valence-corrected chi connectivity index (χ0v) is 10.6. The summed E-state index contributed by atoms with van der Waals surface area (Å²) in [7, 11) is 1.77. The Hall–Kier alpha value is -1.85. The number of nitrogens with zero attached hydrogens (tertiary/aromatic N) is 4. The van der Waals surface area contributed by atoms with E-state index in [0.717, 1.165) is 24.5 Å². The van der Waals surface area contributed by atoms with Crippen molar-refractivity contribution in [2.24, 2.45) is 0 Å². The molecule has 2 aliphatic rings. The van der Waals surface area contributed by atoms with Crippen LogP contribution in [0.1, 0.15) is 12.1 Å². The average molecular weight is 248 g/mol. The smallest absolute Gasteiger partial charge is 0.410 e. The van der Waals surface area contributed by atoms with E-state index in [4.69, 9.17) is 4.74 Å². The first-order valence-corrected chi connectivity index (χ1v) is 6.07. The molecule has 2 aliphatic heterocycles. The topological polar surface area (TPSA) is 58.6 Å². The Labute approximate surface area is 106 Å². The van der Waals surface area contributed by atoms with Crippen molar-refractivity contribution < 1.29 is 9.53 Å². The Morgan fingerprint density at radius 2 is 2.17 bits per heavy atom. The lowest BCUT2D eigenvalue weighted by atomic mass is 10.0. The van der Waals surface area contributed by atoms with E-state index in [-0.39, 0.29) is 11.7 Å². The van der Waals surface area contributed by atoms with E-state index >= 15 is 0 Å². The maximum Gasteiger partial charge on any atom is 0.410 e. The van der Waals surface area contributed by atoms with Crippen molar-refractivity contribution in [2.75, 3.05) is 31.6 Å². The van der Waals surface area contributed by atoms with Gasteiger partial charge in [0.1, 0.15) is 0 Å². The number of carbonyl (C=O) groups excluding carboxylic acids is 1. The number of aryl methyl sites for hydroxylation is 1. The molecule has 2 fully saturated rings. The molecule has 2 saturated heterocycles. The number of amides is 1. The number of anilines is 1. The molecule has 1 aromatic rings. The lowest BCUT2D eigenvalue weighted by Crippen LogP contribution is -2.37. The molecule has 0 saturated carbocycles. The normalized spacial score (nSPS) is 27.1. The minimum absolute atomic E-state index is 0.230. The first kappa shape index (κ1) is 11.3. The highest BCUT2D eigenvalue weighted by Crippen LogP contribution is 2.33. The summed E-state index contributed by atoms with van der Waals surface area (Å²) in [6.07, 6.45) is 0.616. The van der Waals surface area contributed by atoms with Gasteiger partial charge >= 0.3 is 6.09 Å². The zero-order chi connectivity index (χ0) is 12.8. The number of hydrogen-bond acceptors (Lipinski definition) is 5. The molecule has 0 bridgehead atoms. The second-order valence-corrected chi connectivity index (χ2v) is 5.11. The minimum atomic E-state index is -0.363. The fourth-order valence-electron chi connectivity index (χ4n) is 2.61. The summed E-state index contributed by atoms with van der Waals surface area (Å²) in [5.74, 6) is 0.850. The predicted molar refractivity (Wildman–Crippen MR) is 65.4 cm³/mol. The number of rotatable bonds is 1. The number of hydrogen-bond donors (Lipinski definition) is 0. The van der Waals surface area contributed by atoms with E-state index in [0.29, 0.717) is 13.1 Å². The largest absolute Gasteiger partial charge is 0.439 e. The summed E-state index contributed by atoms with van der Waals surface area (Å²) < 4.78 is 5.49. The van der Waals surface area contributed by atoms with Gasteiger partial charge in [-0.25, -0.2) is 4.79 Å². The van der Waals surface area contributed by atoms with Crippen molar-refractivity contribution in [1.29, 1.82) is 0 Å². The number of carbonyl (C=O) groups is 1. The lowest BCUT2D eigenvalue weighted by molar-refractivity contribution is 0.0741. The van der Waals surface area contributed by atoms with Crippen LogP contribution < -0.4 is 4.90 Å². The highest BCUT2D eigenvalue weighted by Gasteiger charge is 2.48. The molecule has 1 spiro atoms. The van der Waals surface area contributed by atoms with Gasteiger partial charge in [-0.15, -0.1) is 5.10 Å². The Morgan fingerprint density at radius 1 is 1.33 bits per heavy atom. The van der Waals surface area contributed by atoms with Crippen LogP contribution in [0.25, 0.3) is 0 Å². The third-order valence-corrected chi connectivity index (χ3v) is 3.56. The van der Waals surface area contributed by atoms with Crippen molar-refractivity contribution >= 4 is 11.9 Å². The van der Waals surface area contributed by atoms with Crippen LogP contribution in [0.15, 0.2) is 12.1 Å². The first-order valence-electron chi connectivity index (χ1n) is 6.07. The van der Waals surface area contributed by atoms with E-state index in [9.17, 15) is 4.79 Å². The van der Waals surface area contributed by atoms with Crippen LogP contribution in [0, 0.1) is 6.92 Å². The zero-order valence-electron chi connectivity index (χ0n) is 10.6. The molecule has 1 amide bonds. The van der Waals surface area contributed by atoms with E-state index < -0.39 is 0 Å². The molecular formula is C12H16N4O2. The van der Waals surface area contributed by atoms with Crippen LogP contribution >= 0.6 is 0 Å². The molecule has 1 aromatic heterocycles. The molecule has 0 aromatic carbocycles. The number of aromatic nitrogens is 2. The van der Waals surface area contributed by atoms with Gasteiger partial charge in [-0.1, -0.05) is 0 Å². The second-order valence-electron chi connectivity index (χ2n) is 5.11. The summed E-state index contributed by atoms with van der Waals surface area (Å²) in [5, 5.41) is 8.23. The van der Waals surface area contributed by atoms with Gasteiger partial charge in [-0.3, -0.25) is 0 Å². The highest BCUT2D eigenvalue weighted by molar-refractivity contribution is 5.70. The monoisotopic (exact) mass is 248 g/mol. The standard InChI is InChI=1S/C12H16N4O2/c1-9-3-4-10(14-13-9)16-6-5-12(8-16)7-15(2)11(17)18-12/h3-4H,5-8H2,1-2H3/t12-/m1/s1. The highest BCUT2D eigenvalue weighted by atomic mass is 16.6. The maximum absolute atomic E-state index is 11.5. The molecule has 1 atom stereocenters. The Kier molecular flexibility index (Phi) is 2.39. The third-order valence-electron chi connectivity index (χ3n) is 3.56. The molecule has 6 heteroatoms. The van der Waals surface area contributed by atoms with Crippen molar-refractivity contribution in [2.45, 2.75) is 18.9 Å². The molecule has 96 valence electrons. The van der Waals surface area contributed by atoms with Crippen molar-refractivity contribution in [3.63, 3.8) is 0 Å². The Bertz CT molecular complexity index is 475. The molecular weight excluding hydrogens is 232 g/mol. The van der Waals surface area contributed by atoms with Crippen molar-refractivity contribution in [3.05, 3.63) is 17.8 Å². The molecule has 0 aliphatic carbocycles. The van der Waals surface area contributed by atoms with E-state index in [1.165, 1.54) is 0 Å². The van der Waals surface area contributed by atoms with Crippen LogP contribution in [0.3, 0.4) is 0 Å². The molecule has 0 unspecified atom stereocenters. The van der Waals surface area contributed by atoms with Crippen molar-refractivity contribution in [1.82, 2.24) is 15.1 Å². The third kappa shape index (κ3) is 1.77. The van der Waals surface area contributed by atoms with Gasteiger partial charge in [0, 0.05) is 20.0 Å². The van der Waals surface area contributed by atoms with Gasteiger partial charge in [-0.2, -0.15) is 5.10 Å². The van der Waals surface area contributed by atoms with Crippen LogP contribution in [0.2, 0.25) is 0 Å². The summed E-state index contributed by atoms with van der Waals surface area (Å²) >= 11 is 0. The molecule has 0 N–H and O–H groups in total. The van der Waals surface area contributed by atoms with Gasteiger partial charge in [0.05, 0.1) is 18.8 Å². The molecule has 0 radical (unpaired) electrons. The Morgan fingerprint density at radius 3 is 2.78 bits per heavy atom. The summed E-state index contributed by atoms with van der Waals surface area (Å²) in [5.41, 5.74) is 0.540. The van der Waals surface area contributed by atoms with Crippen LogP contribution in [-0.4, -0.2) is 53.5 Å². The van der Waals surface area contributed by atoms with Crippen LogP contribution in [0.5, 0.6) is 0 Å². The number of likely N-dealkylation sites (N-methyl/N-ethyl adjacent to an activating group) is 1. The molecule has 6 nitrogen and oxygen atoms in total. The fraction of sp³-hybridized carbons (Fsp3) is 0.583. The molecule has 18 heavy (non-hydrogen) atoms. The summed E-state index contributed by atoms with van der Waals surface area (Å²) in [6.45, 7) is 4.11.